The molecule has 0 heterocycles. The normalized spacial score (nSPS) is 22.3. The van der Waals surface area contributed by atoms with Gasteiger partial charge in [-0.3, -0.25) is 0 Å². The van der Waals surface area contributed by atoms with E-state index in [9.17, 15) is 26.3 Å². The van der Waals surface area contributed by atoms with Crippen LogP contribution >= 0.6 is 0 Å². The molecule has 0 saturated carbocycles. The molecule has 0 saturated heterocycles. The Morgan fingerprint density at radius 3 is 1.97 bits per heavy atom. The summed E-state index contributed by atoms with van der Waals surface area (Å²) in [5.74, 6) is -2.93. The fourth-order valence-corrected chi connectivity index (χ4v) is 3.69. The van der Waals surface area contributed by atoms with Gasteiger partial charge in [-0.2, -0.15) is 26.3 Å². The summed E-state index contributed by atoms with van der Waals surface area (Å²) in [6, 6.07) is 7.14. The highest BCUT2D eigenvalue weighted by atomic mass is 19.4. The fourth-order valence-electron chi connectivity index (χ4n) is 3.69. The van der Waals surface area contributed by atoms with Crippen molar-refractivity contribution in [3.63, 3.8) is 0 Å². The van der Waals surface area contributed by atoms with Crippen LogP contribution < -0.4 is 0 Å². The van der Waals surface area contributed by atoms with E-state index in [0.717, 1.165) is 11.1 Å². The van der Waals surface area contributed by atoms with E-state index in [0.29, 0.717) is 18.4 Å². The summed E-state index contributed by atoms with van der Waals surface area (Å²) in [6.45, 7) is 0. The number of alkyl halides is 6. The van der Waals surface area contributed by atoms with Crippen LogP contribution in [0.15, 0.2) is 77.9 Å². The van der Waals surface area contributed by atoms with E-state index in [1.165, 1.54) is 24.3 Å². The van der Waals surface area contributed by atoms with E-state index in [1.54, 1.807) is 48.6 Å². The van der Waals surface area contributed by atoms with Gasteiger partial charge in [-0.1, -0.05) is 78.4 Å². The molecule has 1 aromatic carbocycles. The van der Waals surface area contributed by atoms with Crippen molar-refractivity contribution in [1.29, 1.82) is 0 Å². The highest BCUT2D eigenvalue weighted by Crippen LogP contribution is 2.39. The summed E-state index contributed by atoms with van der Waals surface area (Å²) >= 11 is 0. The molecule has 2 atom stereocenters. The zero-order valence-electron chi connectivity index (χ0n) is 16.2. The number of allylic oxidation sites excluding steroid dienone is 9. The van der Waals surface area contributed by atoms with Crippen LogP contribution in [0.25, 0.3) is 6.08 Å². The second-order valence-corrected chi connectivity index (χ2v) is 7.50. The molecule has 0 N–H and O–H groups in total. The van der Waals surface area contributed by atoms with Crippen molar-refractivity contribution in [2.75, 3.05) is 0 Å². The molecule has 2 aliphatic carbocycles. The average Bonchev–Trinajstić information content (AvgIpc) is 2.70. The molecule has 0 aliphatic heterocycles. The van der Waals surface area contributed by atoms with E-state index < -0.39 is 24.2 Å². The minimum Gasteiger partial charge on any atom is -0.170 e. The van der Waals surface area contributed by atoms with Gasteiger partial charge in [0, 0.05) is 0 Å². The molecule has 30 heavy (non-hydrogen) atoms. The Bertz CT molecular complexity index is 876. The smallest absolute Gasteiger partial charge is 0.170 e. The highest BCUT2D eigenvalue weighted by molar-refractivity contribution is 5.54. The largest absolute Gasteiger partial charge is 0.396 e. The SMILES string of the molecule is FC(F)(F)C1CC=CC=C1/C=C\c1ccc(CCC2=CC=CCC2C(F)(F)F)cc1. The lowest BCUT2D eigenvalue weighted by atomic mass is 9.87. The Morgan fingerprint density at radius 1 is 0.733 bits per heavy atom. The third-order valence-electron chi connectivity index (χ3n) is 5.41. The van der Waals surface area contributed by atoms with Crippen LogP contribution in [0.5, 0.6) is 0 Å². The molecule has 160 valence electrons. The molecular weight excluding hydrogens is 402 g/mol. The Hall–Kier alpha value is -2.50. The third-order valence-corrected chi connectivity index (χ3v) is 5.41. The van der Waals surface area contributed by atoms with Crippen LogP contribution in [-0.4, -0.2) is 12.4 Å². The van der Waals surface area contributed by atoms with Crippen molar-refractivity contribution >= 4 is 6.08 Å². The number of aryl methyl sites for hydroxylation is 1. The first-order valence-electron chi connectivity index (χ1n) is 9.77. The van der Waals surface area contributed by atoms with Crippen LogP contribution in [0, 0.1) is 11.8 Å². The number of hydrogen-bond acceptors (Lipinski definition) is 0. The predicted molar refractivity (Wildman–Crippen MR) is 107 cm³/mol. The minimum atomic E-state index is -4.29. The van der Waals surface area contributed by atoms with Crippen LogP contribution in [0.3, 0.4) is 0 Å². The second kappa shape index (κ2) is 9.11. The maximum Gasteiger partial charge on any atom is 0.396 e. The van der Waals surface area contributed by atoms with Gasteiger partial charge in [0.25, 0.3) is 0 Å². The molecule has 0 radical (unpaired) electrons. The molecule has 2 aliphatic rings. The van der Waals surface area contributed by atoms with Crippen molar-refractivity contribution in [3.05, 3.63) is 89.1 Å². The highest BCUT2D eigenvalue weighted by Gasteiger charge is 2.41. The van der Waals surface area contributed by atoms with Crippen LogP contribution in [-0.2, 0) is 6.42 Å². The molecule has 1 aromatic rings. The van der Waals surface area contributed by atoms with E-state index in [1.807, 2.05) is 0 Å². The van der Waals surface area contributed by atoms with E-state index in [-0.39, 0.29) is 18.4 Å². The van der Waals surface area contributed by atoms with Crippen LogP contribution in [0.4, 0.5) is 26.3 Å². The van der Waals surface area contributed by atoms with Gasteiger partial charge in [-0.15, -0.1) is 0 Å². The van der Waals surface area contributed by atoms with Gasteiger partial charge in [-0.25, -0.2) is 0 Å². The molecule has 2 unspecified atom stereocenters. The Balaban J connectivity index is 1.62. The maximum atomic E-state index is 13.1. The summed E-state index contributed by atoms with van der Waals surface area (Å²) in [5, 5.41) is 0. The molecule has 0 spiro atoms. The van der Waals surface area contributed by atoms with Crippen LogP contribution in [0.2, 0.25) is 0 Å². The van der Waals surface area contributed by atoms with Gasteiger partial charge < -0.3 is 0 Å². The Kier molecular flexibility index (Phi) is 6.74. The first kappa shape index (κ1) is 22.2. The summed E-state index contributed by atoms with van der Waals surface area (Å²) < 4.78 is 78.8. The lowest BCUT2D eigenvalue weighted by Gasteiger charge is -2.24. The van der Waals surface area contributed by atoms with Crippen molar-refractivity contribution in [2.24, 2.45) is 11.8 Å². The first-order chi connectivity index (χ1) is 14.1. The summed E-state index contributed by atoms with van der Waals surface area (Å²) in [5.41, 5.74) is 2.22. The lowest BCUT2D eigenvalue weighted by molar-refractivity contribution is -0.164. The second-order valence-electron chi connectivity index (χ2n) is 7.50. The lowest BCUT2D eigenvalue weighted by Crippen LogP contribution is -2.25. The van der Waals surface area contributed by atoms with Gasteiger partial charge in [0.15, 0.2) is 0 Å². The molecule has 6 heteroatoms. The number of halogens is 6. The molecule has 3 rings (SSSR count). The summed E-state index contributed by atoms with van der Waals surface area (Å²) in [7, 11) is 0. The van der Waals surface area contributed by atoms with Crippen LogP contribution in [0.1, 0.15) is 30.4 Å². The number of hydrogen-bond donors (Lipinski definition) is 0. The quantitative estimate of drug-likeness (QED) is 0.424. The molecule has 0 fully saturated rings. The van der Waals surface area contributed by atoms with Gasteiger partial charge >= 0.3 is 12.4 Å². The van der Waals surface area contributed by atoms with Gasteiger partial charge in [0.1, 0.15) is 0 Å². The molecule has 0 amide bonds. The average molecular weight is 424 g/mol. The standard InChI is InChI=1S/C24H22F6/c25-23(26,27)21-7-3-1-5-19(21)15-13-17-9-11-18(12-10-17)14-16-20-6-2-4-8-22(20)24(28,29)30/h1-6,9-13,15,21-22H,7-8,14,16H2/b15-13-. The minimum absolute atomic E-state index is 0.0248. The van der Waals surface area contributed by atoms with Gasteiger partial charge in [0.05, 0.1) is 11.8 Å². The van der Waals surface area contributed by atoms with Crippen molar-refractivity contribution in [1.82, 2.24) is 0 Å². The third kappa shape index (κ3) is 5.77. The molecule has 0 nitrogen and oxygen atoms in total. The molecule has 0 bridgehead atoms. The fraction of sp³-hybridized carbons (Fsp3) is 0.333. The van der Waals surface area contributed by atoms with Crippen molar-refractivity contribution in [3.8, 4) is 0 Å². The van der Waals surface area contributed by atoms with E-state index in [4.69, 9.17) is 0 Å². The maximum absolute atomic E-state index is 13.1. The predicted octanol–water partition coefficient (Wildman–Crippen LogP) is 7.76. The number of rotatable bonds is 5. The summed E-state index contributed by atoms with van der Waals surface area (Å²) in [6.07, 6.45) is 4.59. The topological polar surface area (TPSA) is 0 Å². The zero-order chi connectivity index (χ0) is 21.8. The van der Waals surface area contributed by atoms with E-state index in [2.05, 4.69) is 0 Å². The molecular formula is C24H22F6. The first-order valence-corrected chi connectivity index (χ1v) is 9.77. The molecule has 0 aromatic heterocycles. The van der Waals surface area contributed by atoms with Crippen molar-refractivity contribution in [2.45, 2.75) is 38.0 Å². The van der Waals surface area contributed by atoms with Gasteiger partial charge in [-0.05, 0) is 42.4 Å². The zero-order valence-corrected chi connectivity index (χ0v) is 16.2. The Morgan fingerprint density at radius 2 is 1.33 bits per heavy atom. The Labute approximate surface area is 172 Å². The monoisotopic (exact) mass is 424 g/mol. The van der Waals surface area contributed by atoms with Gasteiger partial charge in [0.2, 0.25) is 0 Å². The summed E-state index contributed by atoms with van der Waals surface area (Å²) in [4.78, 5) is 0. The number of benzene rings is 1. The van der Waals surface area contributed by atoms with Crippen molar-refractivity contribution < 1.29 is 26.3 Å². The van der Waals surface area contributed by atoms with E-state index >= 15 is 0 Å².